The van der Waals surface area contributed by atoms with Gasteiger partial charge in [-0.3, -0.25) is 14.5 Å². The maximum absolute atomic E-state index is 13.4. The van der Waals surface area contributed by atoms with E-state index in [1.807, 2.05) is 26.0 Å². The van der Waals surface area contributed by atoms with Crippen LogP contribution >= 0.6 is 11.6 Å². The lowest BCUT2D eigenvalue weighted by Crippen LogP contribution is -2.43. The summed E-state index contributed by atoms with van der Waals surface area (Å²) in [6.45, 7) is 4.08. The van der Waals surface area contributed by atoms with E-state index < -0.39 is 0 Å². The highest BCUT2D eigenvalue weighted by molar-refractivity contribution is 6.34. The summed E-state index contributed by atoms with van der Waals surface area (Å²) in [4.78, 5) is 28.3. The van der Waals surface area contributed by atoms with Crippen LogP contribution in [-0.4, -0.2) is 23.9 Å². The first-order chi connectivity index (χ1) is 14.2. The quantitative estimate of drug-likeness (QED) is 0.732. The van der Waals surface area contributed by atoms with Crippen LogP contribution in [0.25, 0.3) is 0 Å². The SMILES string of the molecule is COc1cc(C2CC(=O)N(c3ccccc3Cl)C3=C2C(=O)CC(C)(C)C3)ccc1O. The normalized spacial score (nSPS) is 20.9. The van der Waals surface area contributed by atoms with Crippen molar-refractivity contribution in [3.63, 3.8) is 0 Å². The lowest BCUT2D eigenvalue weighted by atomic mass is 9.69. The molecule has 1 amide bonds. The molecular formula is C24H24ClNO4. The van der Waals surface area contributed by atoms with E-state index >= 15 is 0 Å². The van der Waals surface area contributed by atoms with E-state index in [4.69, 9.17) is 16.3 Å². The number of benzene rings is 2. The maximum Gasteiger partial charge on any atom is 0.232 e. The van der Waals surface area contributed by atoms with E-state index in [1.54, 1.807) is 29.2 Å². The number of phenols is 1. The number of methoxy groups -OCH3 is 1. The maximum atomic E-state index is 13.4. The largest absolute Gasteiger partial charge is 0.504 e. The second kappa shape index (κ2) is 7.47. The number of amides is 1. The van der Waals surface area contributed by atoms with Gasteiger partial charge in [-0.25, -0.2) is 0 Å². The number of para-hydroxylation sites is 1. The van der Waals surface area contributed by atoms with E-state index in [9.17, 15) is 14.7 Å². The molecular weight excluding hydrogens is 402 g/mol. The Morgan fingerprint density at radius 3 is 2.57 bits per heavy atom. The standard InChI is InChI=1S/C24H24ClNO4/c1-24(2)12-18-23(20(28)13-24)15(14-8-9-19(27)21(10-14)30-3)11-22(29)26(18)17-7-5-4-6-16(17)25/h4-10,15,27H,11-13H2,1-3H3. The van der Waals surface area contributed by atoms with Crippen molar-refractivity contribution in [3.8, 4) is 11.5 Å². The number of hydrogen-bond acceptors (Lipinski definition) is 4. The third-order valence-corrected chi connectivity index (χ3v) is 6.16. The number of phenolic OH excluding ortho intramolecular Hbond substituents is 1. The zero-order chi connectivity index (χ0) is 21.6. The lowest BCUT2D eigenvalue weighted by molar-refractivity contribution is -0.121. The summed E-state index contributed by atoms with van der Waals surface area (Å²) in [5.41, 5.74) is 2.49. The van der Waals surface area contributed by atoms with Gasteiger partial charge in [0.15, 0.2) is 17.3 Å². The Balaban J connectivity index is 1.91. The summed E-state index contributed by atoms with van der Waals surface area (Å²) in [6.07, 6.45) is 1.16. The van der Waals surface area contributed by atoms with Crippen molar-refractivity contribution in [2.24, 2.45) is 5.41 Å². The second-order valence-corrected chi connectivity index (χ2v) is 9.08. The van der Waals surface area contributed by atoms with E-state index in [0.717, 1.165) is 11.3 Å². The van der Waals surface area contributed by atoms with Crippen LogP contribution in [0.15, 0.2) is 53.7 Å². The topological polar surface area (TPSA) is 66.8 Å². The Kier molecular flexibility index (Phi) is 5.10. The highest BCUT2D eigenvalue weighted by atomic mass is 35.5. The van der Waals surface area contributed by atoms with Crippen molar-refractivity contribution in [2.75, 3.05) is 12.0 Å². The van der Waals surface area contributed by atoms with E-state index in [0.29, 0.717) is 34.9 Å². The monoisotopic (exact) mass is 425 g/mol. The Morgan fingerprint density at radius 1 is 1.13 bits per heavy atom. The number of carbonyl (C=O) groups is 2. The van der Waals surface area contributed by atoms with Gasteiger partial charge < -0.3 is 9.84 Å². The van der Waals surface area contributed by atoms with Gasteiger partial charge in [0.2, 0.25) is 5.91 Å². The molecule has 2 aliphatic rings. The molecule has 1 unspecified atom stereocenters. The minimum atomic E-state index is -0.385. The van der Waals surface area contributed by atoms with Gasteiger partial charge in [0, 0.05) is 30.0 Å². The molecule has 0 spiro atoms. The molecule has 5 nitrogen and oxygen atoms in total. The van der Waals surface area contributed by atoms with Gasteiger partial charge in [-0.2, -0.15) is 0 Å². The molecule has 0 fully saturated rings. The predicted molar refractivity (Wildman–Crippen MR) is 116 cm³/mol. The minimum absolute atomic E-state index is 0.0198. The number of rotatable bonds is 3. The van der Waals surface area contributed by atoms with Crippen LogP contribution < -0.4 is 9.64 Å². The summed E-state index contributed by atoms with van der Waals surface area (Å²) in [6, 6.07) is 12.2. The summed E-state index contributed by atoms with van der Waals surface area (Å²) >= 11 is 6.43. The molecule has 0 saturated carbocycles. The Bertz CT molecular complexity index is 1070. The molecule has 0 bridgehead atoms. The summed E-state index contributed by atoms with van der Waals surface area (Å²) in [5.74, 6) is -0.109. The number of carbonyl (C=O) groups excluding carboxylic acids is 2. The van der Waals surface area contributed by atoms with Gasteiger partial charge in [-0.05, 0) is 41.7 Å². The van der Waals surface area contributed by atoms with Gasteiger partial charge in [0.1, 0.15) is 0 Å². The summed E-state index contributed by atoms with van der Waals surface area (Å²) in [5, 5.41) is 10.4. The highest BCUT2D eigenvalue weighted by Gasteiger charge is 2.44. The zero-order valence-electron chi connectivity index (χ0n) is 17.2. The molecule has 1 N–H and O–H groups in total. The van der Waals surface area contributed by atoms with Gasteiger partial charge in [0.05, 0.1) is 17.8 Å². The van der Waals surface area contributed by atoms with E-state index in [1.165, 1.54) is 13.2 Å². The molecule has 4 rings (SSSR count). The van der Waals surface area contributed by atoms with E-state index in [2.05, 4.69) is 0 Å². The van der Waals surface area contributed by atoms with Gasteiger partial charge in [0.25, 0.3) is 0 Å². The average Bonchev–Trinajstić information content (AvgIpc) is 2.68. The number of allylic oxidation sites excluding steroid dienone is 2. The third kappa shape index (κ3) is 3.47. The molecule has 0 radical (unpaired) electrons. The summed E-state index contributed by atoms with van der Waals surface area (Å²) in [7, 11) is 1.48. The number of Topliss-reactive ketones (excluding diaryl/α,β-unsaturated/α-hetero) is 1. The van der Waals surface area contributed by atoms with Crippen LogP contribution in [0.2, 0.25) is 5.02 Å². The van der Waals surface area contributed by atoms with Gasteiger partial charge in [-0.15, -0.1) is 0 Å². The highest BCUT2D eigenvalue weighted by Crippen LogP contribution is 2.49. The molecule has 1 heterocycles. The lowest BCUT2D eigenvalue weighted by Gasteiger charge is -2.43. The van der Waals surface area contributed by atoms with Crippen LogP contribution in [0.1, 0.15) is 44.6 Å². The Labute approximate surface area is 180 Å². The molecule has 1 atom stereocenters. The number of nitrogens with zero attached hydrogens (tertiary/aromatic N) is 1. The average molecular weight is 426 g/mol. The molecule has 1 aliphatic heterocycles. The first-order valence-electron chi connectivity index (χ1n) is 9.92. The number of hydrogen-bond donors (Lipinski definition) is 1. The molecule has 2 aromatic rings. The molecule has 0 aromatic heterocycles. The predicted octanol–water partition coefficient (Wildman–Crippen LogP) is 5.22. The van der Waals surface area contributed by atoms with Gasteiger partial charge in [-0.1, -0.05) is 43.6 Å². The van der Waals surface area contributed by atoms with Crippen LogP contribution in [-0.2, 0) is 9.59 Å². The fourth-order valence-corrected chi connectivity index (χ4v) is 4.74. The zero-order valence-corrected chi connectivity index (χ0v) is 18.0. The smallest absolute Gasteiger partial charge is 0.232 e. The molecule has 30 heavy (non-hydrogen) atoms. The second-order valence-electron chi connectivity index (χ2n) is 8.67. The van der Waals surface area contributed by atoms with E-state index in [-0.39, 0.29) is 35.2 Å². The Morgan fingerprint density at radius 2 is 1.87 bits per heavy atom. The fourth-order valence-electron chi connectivity index (χ4n) is 4.52. The van der Waals surface area contributed by atoms with Crippen LogP contribution in [0.3, 0.4) is 0 Å². The Hall–Kier alpha value is -2.79. The van der Waals surface area contributed by atoms with Crippen molar-refractivity contribution in [3.05, 3.63) is 64.3 Å². The first kappa shape index (κ1) is 20.5. The number of anilines is 1. The first-order valence-corrected chi connectivity index (χ1v) is 10.3. The van der Waals surface area contributed by atoms with Crippen LogP contribution in [0.5, 0.6) is 11.5 Å². The molecule has 1 aliphatic carbocycles. The number of halogens is 1. The fraction of sp³-hybridized carbons (Fsp3) is 0.333. The van der Waals surface area contributed by atoms with Gasteiger partial charge >= 0.3 is 0 Å². The van der Waals surface area contributed by atoms with Crippen molar-refractivity contribution >= 4 is 29.0 Å². The number of ether oxygens (including phenoxy) is 1. The third-order valence-electron chi connectivity index (χ3n) is 5.84. The van der Waals surface area contributed by atoms with Crippen molar-refractivity contribution < 1.29 is 19.4 Å². The van der Waals surface area contributed by atoms with Crippen molar-refractivity contribution in [2.45, 2.75) is 39.0 Å². The number of ketones is 1. The minimum Gasteiger partial charge on any atom is -0.504 e. The number of aromatic hydroxyl groups is 1. The molecule has 6 heteroatoms. The molecule has 156 valence electrons. The summed E-state index contributed by atoms with van der Waals surface area (Å²) < 4.78 is 5.24. The molecule has 0 saturated heterocycles. The van der Waals surface area contributed by atoms with Crippen LogP contribution in [0, 0.1) is 5.41 Å². The molecule has 2 aromatic carbocycles. The van der Waals surface area contributed by atoms with Crippen LogP contribution in [0.4, 0.5) is 5.69 Å². The van der Waals surface area contributed by atoms with Crippen molar-refractivity contribution in [1.82, 2.24) is 0 Å². The van der Waals surface area contributed by atoms with Crippen molar-refractivity contribution in [1.29, 1.82) is 0 Å².